The number of Topliss-reactive ketones (excluding diaryl/α,β-unsaturated/α-hetero) is 1. The van der Waals surface area contributed by atoms with Crippen molar-refractivity contribution < 1.29 is 26.9 Å². The summed E-state index contributed by atoms with van der Waals surface area (Å²) < 4.78 is 56.4. The van der Waals surface area contributed by atoms with Crippen molar-refractivity contribution in [2.24, 2.45) is 5.92 Å². The zero-order chi connectivity index (χ0) is 23.0. The number of hydrogen-bond donors (Lipinski definition) is 1. The summed E-state index contributed by atoms with van der Waals surface area (Å²) in [7, 11) is 0. The number of anilines is 1. The van der Waals surface area contributed by atoms with Crippen molar-refractivity contribution in [1.82, 2.24) is 5.16 Å². The van der Waals surface area contributed by atoms with E-state index in [9.17, 15) is 22.4 Å². The van der Waals surface area contributed by atoms with Crippen LogP contribution in [0, 0.1) is 36.1 Å². The van der Waals surface area contributed by atoms with Gasteiger partial charge in [-0.3, -0.25) is 4.79 Å². The highest BCUT2D eigenvalue weighted by atomic mass is 19.2. The second-order valence-electron chi connectivity index (χ2n) is 7.54. The maximum absolute atomic E-state index is 13.1. The van der Waals surface area contributed by atoms with Crippen molar-refractivity contribution in [3.63, 3.8) is 0 Å². The van der Waals surface area contributed by atoms with Gasteiger partial charge in [0.05, 0.1) is 11.3 Å². The van der Waals surface area contributed by atoms with E-state index >= 15 is 0 Å². The van der Waals surface area contributed by atoms with Crippen molar-refractivity contribution in [2.45, 2.75) is 72.6 Å². The first-order valence-corrected chi connectivity index (χ1v) is 10.1. The molecule has 1 aromatic heterocycles. The van der Waals surface area contributed by atoms with Crippen LogP contribution in [0.3, 0.4) is 0 Å². The van der Waals surface area contributed by atoms with Crippen LogP contribution in [0.15, 0.2) is 10.6 Å². The minimum Gasteiger partial charge on any atom is -0.368 e. The molecule has 0 bridgehead atoms. The third-order valence-electron chi connectivity index (χ3n) is 5.14. The van der Waals surface area contributed by atoms with Crippen molar-refractivity contribution in [3.05, 3.63) is 46.2 Å². The van der Waals surface area contributed by atoms with E-state index in [-0.39, 0.29) is 0 Å². The van der Waals surface area contributed by atoms with Gasteiger partial charge >= 0.3 is 0 Å². The summed E-state index contributed by atoms with van der Waals surface area (Å²) >= 11 is 0. The molecule has 0 spiro atoms. The highest BCUT2D eigenvalue weighted by Crippen LogP contribution is 2.29. The molecule has 30 heavy (non-hydrogen) atoms. The molecule has 0 aliphatic carbocycles. The van der Waals surface area contributed by atoms with E-state index < -0.39 is 40.2 Å². The monoisotopic (exact) mass is 430 g/mol. The Labute approximate surface area is 174 Å². The fourth-order valence-corrected chi connectivity index (χ4v) is 3.03. The fraction of sp³-hybridized carbons (Fsp3) is 0.545. The van der Waals surface area contributed by atoms with Gasteiger partial charge in [-0.15, -0.1) is 0 Å². The smallest absolute Gasteiger partial charge is 0.222 e. The molecule has 2 aromatic rings. The van der Waals surface area contributed by atoms with Gasteiger partial charge in [-0.25, -0.2) is 17.6 Å². The number of carbonyl (C=O) groups is 1. The molecule has 0 fully saturated rings. The maximum atomic E-state index is 13.1. The summed E-state index contributed by atoms with van der Waals surface area (Å²) in [4.78, 5) is 10.7. The summed E-state index contributed by atoms with van der Waals surface area (Å²) in [6.07, 6.45) is 6.04. The van der Waals surface area contributed by atoms with Crippen LogP contribution < -0.4 is 5.73 Å². The van der Waals surface area contributed by atoms with Crippen molar-refractivity contribution in [3.8, 4) is 0 Å². The Hall–Kier alpha value is -2.38. The number of nitrogens with two attached hydrogens (primary N) is 1. The van der Waals surface area contributed by atoms with Gasteiger partial charge < -0.3 is 10.3 Å². The molecule has 4 nitrogen and oxygen atoms in total. The average Bonchev–Trinajstić information content (AvgIpc) is 3.14. The Kier molecular flexibility index (Phi) is 10.0. The minimum atomic E-state index is -1.82. The maximum Gasteiger partial charge on any atom is 0.222 e. The summed E-state index contributed by atoms with van der Waals surface area (Å²) in [5, 5.41) is 4.04. The van der Waals surface area contributed by atoms with Crippen molar-refractivity contribution in [2.75, 3.05) is 5.73 Å². The Balaban J connectivity index is 0.000000303. The topological polar surface area (TPSA) is 69.1 Å². The Bertz CT molecular complexity index is 823. The number of hydrogen-bond acceptors (Lipinski definition) is 4. The van der Waals surface area contributed by atoms with Gasteiger partial charge in [0.25, 0.3) is 0 Å². The highest BCUT2D eigenvalue weighted by Gasteiger charge is 2.25. The number of rotatable bonds is 8. The third kappa shape index (κ3) is 6.57. The SMILES string of the molecule is CC(=O)c1c(F)c(C)c(F)c(F)c1F.CCCC(CC[C@H](C)CC)c1cc(N)on1. The van der Waals surface area contributed by atoms with E-state index in [4.69, 9.17) is 10.3 Å². The van der Waals surface area contributed by atoms with Crippen LogP contribution in [0.1, 0.15) is 87.3 Å². The first kappa shape index (κ1) is 25.7. The molecular formula is C22H30F4N2O2. The molecule has 2 rings (SSSR count). The summed E-state index contributed by atoms with van der Waals surface area (Å²) in [5.41, 5.74) is 4.86. The van der Waals surface area contributed by atoms with Gasteiger partial charge in [0, 0.05) is 17.5 Å². The molecule has 0 saturated carbocycles. The number of benzene rings is 1. The Morgan fingerprint density at radius 3 is 2.17 bits per heavy atom. The number of nitrogens with zero attached hydrogens (tertiary/aromatic N) is 1. The third-order valence-corrected chi connectivity index (χ3v) is 5.14. The van der Waals surface area contributed by atoms with Crippen LogP contribution in [0.25, 0.3) is 0 Å². The van der Waals surface area contributed by atoms with Crippen molar-refractivity contribution in [1.29, 1.82) is 0 Å². The molecule has 8 heteroatoms. The molecular weight excluding hydrogens is 400 g/mol. The predicted molar refractivity (Wildman–Crippen MR) is 108 cm³/mol. The van der Waals surface area contributed by atoms with Crippen LogP contribution in [0.4, 0.5) is 23.4 Å². The molecule has 1 aromatic carbocycles. The molecule has 2 atom stereocenters. The number of carbonyl (C=O) groups excluding carboxylic acids is 1. The van der Waals surface area contributed by atoms with Crippen LogP contribution in [0.5, 0.6) is 0 Å². The molecule has 0 aliphatic heterocycles. The molecule has 168 valence electrons. The lowest BCUT2D eigenvalue weighted by atomic mass is 9.90. The number of aromatic nitrogens is 1. The molecule has 1 heterocycles. The van der Waals surface area contributed by atoms with Crippen LogP contribution in [-0.2, 0) is 0 Å². The molecule has 0 saturated heterocycles. The normalized spacial score (nSPS) is 12.8. The van der Waals surface area contributed by atoms with E-state index in [1.807, 2.05) is 6.07 Å². The molecule has 1 unspecified atom stereocenters. The second-order valence-corrected chi connectivity index (χ2v) is 7.54. The van der Waals surface area contributed by atoms with E-state index in [1.54, 1.807) is 0 Å². The lowest BCUT2D eigenvalue weighted by Gasteiger charge is -2.15. The number of nitrogen functional groups attached to an aromatic ring is 1. The van der Waals surface area contributed by atoms with E-state index in [2.05, 4.69) is 25.9 Å². The van der Waals surface area contributed by atoms with Gasteiger partial charge in [-0.05, 0) is 32.6 Å². The molecule has 0 aliphatic rings. The standard InChI is InChI=1S/C13H24N2O.C9H6F4O/c1-4-6-11(8-7-10(3)5-2)12-9-13(14)16-15-12;1-3-6(10)5(4(2)14)8(12)9(13)7(3)11/h9-11H,4-8,14H2,1-3H3;1-2H3/t10-,11?;/m1./s1. The van der Waals surface area contributed by atoms with Gasteiger partial charge in [-0.1, -0.05) is 45.2 Å². The van der Waals surface area contributed by atoms with E-state index in [0.29, 0.717) is 11.8 Å². The first-order valence-electron chi connectivity index (χ1n) is 10.1. The molecule has 0 amide bonds. The Morgan fingerprint density at radius 2 is 1.70 bits per heavy atom. The summed E-state index contributed by atoms with van der Waals surface area (Å²) in [6, 6.07) is 1.87. The van der Waals surface area contributed by atoms with Crippen molar-refractivity contribution >= 4 is 11.7 Å². The van der Waals surface area contributed by atoms with Gasteiger partial charge in [0.15, 0.2) is 23.2 Å². The lowest BCUT2D eigenvalue weighted by molar-refractivity contribution is 0.100. The predicted octanol–water partition coefficient (Wildman–Crippen LogP) is 6.72. The number of halogens is 4. The number of ketones is 1. The van der Waals surface area contributed by atoms with Crippen LogP contribution >= 0.6 is 0 Å². The zero-order valence-electron chi connectivity index (χ0n) is 18.1. The fourth-order valence-electron chi connectivity index (χ4n) is 3.03. The lowest BCUT2D eigenvalue weighted by Crippen LogP contribution is -2.09. The van der Waals surface area contributed by atoms with Gasteiger partial charge in [0.1, 0.15) is 5.82 Å². The Morgan fingerprint density at radius 1 is 1.07 bits per heavy atom. The molecule has 0 radical (unpaired) electrons. The second kappa shape index (κ2) is 11.7. The van der Waals surface area contributed by atoms with Crippen LogP contribution in [-0.4, -0.2) is 10.9 Å². The van der Waals surface area contributed by atoms with E-state index in [1.165, 1.54) is 32.1 Å². The largest absolute Gasteiger partial charge is 0.368 e. The summed E-state index contributed by atoms with van der Waals surface area (Å²) in [5.74, 6) is -5.81. The highest BCUT2D eigenvalue weighted by molar-refractivity contribution is 5.94. The average molecular weight is 430 g/mol. The van der Waals surface area contributed by atoms with Gasteiger partial charge in [0.2, 0.25) is 5.88 Å². The quantitative estimate of drug-likeness (QED) is 0.218. The first-order chi connectivity index (χ1) is 14.0. The van der Waals surface area contributed by atoms with Gasteiger partial charge in [-0.2, -0.15) is 0 Å². The minimum absolute atomic E-state index is 0.430. The van der Waals surface area contributed by atoms with E-state index in [0.717, 1.165) is 25.5 Å². The zero-order valence-corrected chi connectivity index (χ0v) is 18.1. The van der Waals surface area contributed by atoms with Crippen LogP contribution in [0.2, 0.25) is 0 Å². The summed E-state index contributed by atoms with van der Waals surface area (Å²) in [6.45, 7) is 8.56. The molecule has 2 N–H and O–H groups in total.